The topological polar surface area (TPSA) is 76.9 Å². The summed E-state index contributed by atoms with van der Waals surface area (Å²) in [5.41, 5.74) is -1.21. The van der Waals surface area contributed by atoms with Crippen molar-refractivity contribution in [1.29, 1.82) is 0 Å². The predicted octanol–water partition coefficient (Wildman–Crippen LogP) is 3.74. The highest BCUT2D eigenvalue weighted by Crippen LogP contribution is 2.34. The molecule has 1 N–H and O–H groups in total. The molecule has 3 rings (SSSR count). The fraction of sp³-hybridized carbons (Fsp3) is 0.0667. The number of sulfonamides is 1. The summed E-state index contributed by atoms with van der Waals surface area (Å²) in [6.07, 6.45) is -2.22. The number of rotatable bonds is 4. The van der Waals surface area contributed by atoms with Gasteiger partial charge >= 0.3 is 6.18 Å². The van der Waals surface area contributed by atoms with E-state index in [1.165, 1.54) is 36.9 Å². The molecule has 0 bridgehead atoms. The minimum atomic E-state index is -4.64. The Morgan fingerprint density at radius 3 is 2.35 bits per heavy atom. The summed E-state index contributed by atoms with van der Waals surface area (Å²) >= 11 is 5.73. The van der Waals surface area contributed by atoms with Gasteiger partial charge in [0, 0.05) is 5.02 Å². The van der Waals surface area contributed by atoms with E-state index in [1.807, 2.05) is 0 Å². The zero-order chi connectivity index (χ0) is 18.9. The Labute approximate surface area is 151 Å². The lowest BCUT2D eigenvalue weighted by Gasteiger charge is -2.15. The summed E-state index contributed by atoms with van der Waals surface area (Å²) < 4.78 is 67.4. The Bertz CT molecular complexity index is 1020. The maximum atomic E-state index is 13.0. The standard InChI is InChI=1S/C15H10ClF3N4O2S/c16-11-2-4-12(5-3-11)26(24,25)22-13-7-10(15(17,18)19)1-6-14(13)23-9-20-8-21-23/h1-9,22H. The van der Waals surface area contributed by atoms with Crippen LogP contribution in [-0.2, 0) is 16.2 Å². The molecule has 0 aliphatic rings. The van der Waals surface area contributed by atoms with E-state index in [0.29, 0.717) is 11.1 Å². The third kappa shape index (κ3) is 3.81. The molecule has 0 unspecified atom stereocenters. The molecule has 0 fully saturated rings. The number of hydrogen-bond donors (Lipinski definition) is 1. The van der Waals surface area contributed by atoms with Gasteiger partial charge in [-0.2, -0.15) is 18.3 Å². The van der Waals surface area contributed by atoms with Crippen LogP contribution in [0.5, 0.6) is 0 Å². The molecule has 0 aliphatic heterocycles. The lowest BCUT2D eigenvalue weighted by atomic mass is 10.1. The van der Waals surface area contributed by atoms with Gasteiger partial charge in [0.2, 0.25) is 0 Å². The average Bonchev–Trinajstić information content (AvgIpc) is 3.08. The van der Waals surface area contributed by atoms with Crippen LogP contribution in [0.4, 0.5) is 18.9 Å². The predicted molar refractivity (Wildman–Crippen MR) is 88.6 cm³/mol. The molecular weight excluding hydrogens is 393 g/mol. The largest absolute Gasteiger partial charge is 0.416 e. The van der Waals surface area contributed by atoms with Gasteiger partial charge in [-0.05, 0) is 42.5 Å². The van der Waals surface area contributed by atoms with E-state index in [9.17, 15) is 21.6 Å². The third-order valence-electron chi connectivity index (χ3n) is 3.36. The van der Waals surface area contributed by atoms with Gasteiger partial charge < -0.3 is 0 Å². The molecule has 0 saturated heterocycles. The molecule has 0 radical (unpaired) electrons. The summed E-state index contributed by atoms with van der Waals surface area (Å²) in [6.45, 7) is 0. The summed E-state index contributed by atoms with van der Waals surface area (Å²) in [4.78, 5) is 3.56. The highest BCUT2D eigenvalue weighted by molar-refractivity contribution is 7.92. The van der Waals surface area contributed by atoms with Gasteiger partial charge in [-0.25, -0.2) is 18.1 Å². The van der Waals surface area contributed by atoms with Gasteiger partial charge in [-0.1, -0.05) is 11.6 Å². The molecule has 2 aromatic carbocycles. The highest BCUT2D eigenvalue weighted by atomic mass is 35.5. The Morgan fingerprint density at radius 1 is 1.08 bits per heavy atom. The molecule has 11 heteroatoms. The van der Waals surface area contributed by atoms with Crippen molar-refractivity contribution >= 4 is 27.3 Å². The quantitative estimate of drug-likeness (QED) is 0.721. The second kappa shape index (κ2) is 6.61. The van der Waals surface area contributed by atoms with Crippen LogP contribution in [0.1, 0.15) is 5.56 Å². The highest BCUT2D eigenvalue weighted by Gasteiger charge is 2.32. The average molecular weight is 403 g/mol. The molecule has 1 aromatic heterocycles. The zero-order valence-corrected chi connectivity index (χ0v) is 14.3. The molecule has 0 spiro atoms. The van der Waals surface area contributed by atoms with Gasteiger partial charge in [0.1, 0.15) is 12.7 Å². The van der Waals surface area contributed by atoms with E-state index >= 15 is 0 Å². The second-order valence-corrected chi connectivity index (χ2v) is 7.25. The van der Waals surface area contributed by atoms with Crippen LogP contribution in [0, 0.1) is 0 Å². The first kappa shape index (κ1) is 18.2. The fourth-order valence-corrected chi connectivity index (χ4v) is 3.34. The van der Waals surface area contributed by atoms with Gasteiger partial charge in [0.25, 0.3) is 10.0 Å². The first-order valence-electron chi connectivity index (χ1n) is 7.01. The molecule has 0 saturated carbocycles. The van der Waals surface area contributed by atoms with Crippen molar-refractivity contribution in [2.24, 2.45) is 0 Å². The van der Waals surface area contributed by atoms with Crippen LogP contribution >= 0.6 is 11.6 Å². The number of alkyl halides is 3. The Hall–Kier alpha value is -2.59. The molecule has 3 aromatic rings. The molecule has 6 nitrogen and oxygen atoms in total. The maximum Gasteiger partial charge on any atom is 0.416 e. The van der Waals surface area contributed by atoms with Crippen molar-refractivity contribution in [2.45, 2.75) is 11.1 Å². The normalized spacial score (nSPS) is 12.2. The number of nitrogens with zero attached hydrogens (tertiary/aromatic N) is 3. The molecule has 26 heavy (non-hydrogen) atoms. The van der Waals surface area contributed by atoms with Crippen LogP contribution in [0.2, 0.25) is 5.02 Å². The van der Waals surface area contributed by atoms with Crippen molar-refractivity contribution in [2.75, 3.05) is 4.72 Å². The zero-order valence-electron chi connectivity index (χ0n) is 12.8. The van der Waals surface area contributed by atoms with Gasteiger partial charge in [-0.15, -0.1) is 0 Å². The van der Waals surface area contributed by atoms with E-state index in [2.05, 4.69) is 14.8 Å². The minimum absolute atomic E-state index is 0.0908. The number of benzene rings is 2. The number of anilines is 1. The monoisotopic (exact) mass is 402 g/mol. The van der Waals surface area contributed by atoms with Crippen molar-refractivity contribution in [1.82, 2.24) is 14.8 Å². The van der Waals surface area contributed by atoms with Gasteiger partial charge in [-0.3, -0.25) is 4.72 Å². The van der Waals surface area contributed by atoms with Crippen LogP contribution in [0.3, 0.4) is 0 Å². The van der Waals surface area contributed by atoms with E-state index in [1.54, 1.807) is 0 Å². The number of aromatic nitrogens is 3. The van der Waals surface area contributed by atoms with Gasteiger partial charge in [0.05, 0.1) is 21.8 Å². The van der Waals surface area contributed by atoms with E-state index in [-0.39, 0.29) is 16.3 Å². The fourth-order valence-electron chi connectivity index (χ4n) is 2.14. The SMILES string of the molecule is O=S(=O)(Nc1cc(C(F)(F)F)ccc1-n1cncn1)c1ccc(Cl)cc1. The van der Waals surface area contributed by atoms with Crippen LogP contribution in [0.15, 0.2) is 60.0 Å². The van der Waals surface area contributed by atoms with Crippen molar-refractivity contribution < 1.29 is 21.6 Å². The molecule has 136 valence electrons. The first-order valence-corrected chi connectivity index (χ1v) is 8.87. The first-order chi connectivity index (χ1) is 12.2. The Morgan fingerprint density at radius 2 is 1.77 bits per heavy atom. The number of halogens is 4. The summed E-state index contributed by atoms with van der Waals surface area (Å²) in [5.74, 6) is 0. The Balaban J connectivity index is 2.08. The summed E-state index contributed by atoms with van der Waals surface area (Å²) in [7, 11) is -4.14. The van der Waals surface area contributed by atoms with Crippen LogP contribution < -0.4 is 4.72 Å². The van der Waals surface area contributed by atoms with Crippen molar-refractivity contribution in [3.05, 3.63) is 65.7 Å². The summed E-state index contributed by atoms with van der Waals surface area (Å²) in [6, 6.07) is 7.85. The number of nitrogens with one attached hydrogen (secondary N) is 1. The lowest BCUT2D eigenvalue weighted by Crippen LogP contribution is -2.16. The van der Waals surface area contributed by atoms with Crippen LogP contribution in [0.25, 0.3) is 5.69 Å². The molecule has 0 amide bonds. The summed E-state index contributed by atoms with van der Waals surface area (Å²) in [5, 5.41) is 4.15. The molecular formula is C15H10ClF3N4O2S. The van der Waals surface area contributed by atoms with E-state index < -0.39 is 21.8 Å². The minimum Gasteiger partial charge on any atom is -0.277 e. The smallest absolute Gasteiger partial charge is 0.277 e. The maximum absolute atomic E-state index is 13.0. The molecule has 0 atom stereocenters. The second-order valence-electron chi connectivity index (χ2n) is 5.13. The molecule has 1 heterocycles. The van der Waals surface area contributed by atoms with Crippen molar-refractivity contribution in [3.8, 4) is 5.69 Å². The lowest BCUT2D eigenvalue weighted by molar-refractivity contribution is -0.137. The number of hydrogen-bond acceptors (Lipinski definition) is 4. The third-order valence-corrected chi connectivity index (χ3v) is 4.99. The molecule has 0 aliphatic carbocycles. The van der Waals surface area contributed by atoms with Crippen LogP contribution in [-0.4, -0.2) is 23.2 Å². The Kier molecular flexibility index (Phi) is 4.63. The van der Waals surface area contributed by atoms with E-state index in [0.717, 1.165) is 16.8 Å². The van der Waals surface area contributed by atoms with Crippen molar-refractivity contribution in [3.63, 3.8) is 0 Å². The van der Waals surface area contributed by atoms with Gasteiger partial charge in [0.15, 0.2) is 0 Å². The van der Waals surface area contributed by atoms with E-state index in [4.69, 9.17) is 11.6 Å².